The fourth-order valence-corrected chi connectivity index (χ4v) is 2.47. The first-order valence-electron chi connectivity index (χ1n) is 8.17. The molecule has 0 saturated carbocycles. The molecule has 0 aliphatic carbocycles. The number of alkyl halides is 3. The number of hydrogen-bond donors (Lipinski definition) is 3. The number of carbonyl (C=O) groups excluding carboxylic acids is 1. The van der Waals surface area contributed by atoms with Crippen molar-refractivity contribution in [1.82, 2.24) is 34.9 Å². The van der Waals surface area contributed by atoms with Gasteiger partial charge in [-0.05, 0) is 13.8 Å². The minimum atomic E-state index is -4.70. The molecular formula is C15H17F3N8O2. The van der Waals surface area contributed by atoms with Gasteiger partial charge in [-0.3, -0.25) is 9.48 Å². The predicted molar refractivity (Wildman–Crippen MR) is 90.9 cm³/mol. The van der Waals surface area contributed by atoms with Crippen LogP contribution >= 0.6 is 0 Å². The number of fused-ring (bicyclic) bond motifs is 1. The standard InChI is InChI=1S/C15H17F3N8O2/c1-8-9(2)13-22-23-14(15(16,17)18)26(13)24-12(8)21-10-5-20-25(6-10)7-11(28)19-3-4-27/h5-6,27H,3-4,7H2,1-2H3,(H,19,28)(H,21,24). The molecule has 10 nitrogen and oxygen atoms in total. The van der Waals surface area contributed by atoms with Gasteiger partial charge in [-0.25, -0.2) is 0 Å². The average molecular weight is 398 g/mol. The molecule has 0 aliphatic rings. The van der Waals surface area contributed by atoms with Crippen LogP contribution in [0.2, 0.25) is 0 Å². The van der Waals surface area contributed by atoms with Gasteiger partial charge in [0.1, 0.15) is 6.54 Å². The molecule has 0 aliphatic heterocycles. The monoisotopic (exact) mass is 398 g/mol. The van der Waals surface area contributed by atoms with E-state index < -0.39 is 12.0 Å². The van der Waals surface area contributed by atoms with Crippen molar-refractivity contribution in [2.24, 2.45) is 0 Å². The number of halogens is 3. The number of aliphatic hydroxyl groups excluding tert-OH is 1. The summed E-state index contributed by atoms with van der Waals surface area (Å²) in [6.45, 7) is 3.21. The molecule has 3 aromatic rings. The van der Waals surface area contributed by atoms with E-state index in [4.69, 9.17) is 5.11 Å². The van der Waals surface area contributed by atoms with Crippen LogP contribution < -0.4 is 10.6 Å². The molecule has 0 atom stereocenters. The number of aliphatic hydroxyl groups is 1. The zero-order chi connectivity index (χ0) is 20.5. The number of hydrogen-bond acceptors (Lipinski definition) is 7. The van der Waals surface area contributed by atoms with E-state index in [0.29, 0.717) is 21.3 Å². The molecule has 3 rings (SSSR count). The molecule has 0 radical (unpaired) electrons. The summed E-state index contributed by atoms with van der Waals surface area (Å²) in [5, 5.41) is 28.9. The molecule has 3 aromatic heterocycles. The molecule has 0 aromatic carbocycles. The summed E-state index contributed by atoms with van der Waals surface area (Å²) < 4.78 is 41.3. The topological polar surface area (TPSA) is 122 Å². The second-order valence-corrected chi connectivity index (χ2v) is 5.98. The number of carbonyl (C=O) groups is 1. The summed E-state index contributed by atoms with van der Waals surface area (Å²) in [5.74, 6) is -1.38. The minimum Gasteiger partial charge on any atom is -0.395 e. The van der Waals surface area contributed by atoms with Crippen molar-refractivity contribution in [2.45, 2.75) is 26.6 Å². The molecule has 0 spiro atoms. The van der Waals surface area contributed by atoms with E-state index in [0.717, 1.165) is 0 Å². The predicted octanol–water partition coefficient (Wildman–Crippen LogP) is 0.809. The van der Waals surface area contributed by atoms with Crippen molar-refractivity contribution in [3.05, 3.63) is 29.3 Å². The summed E-state index contributed by atoms with van der Waals surface area (Å²) in [4.78, 5) is 11.6. The van der Waals surface area contributed by atoms with Gasteiger partial charge in [-0.2, -0.15) is 22.8 Å². The van der Waals surface area contributed by atoms with Gasteiger partial charge in [-0.15, -0.1) is 15.3 Å². The van der Waals surface area contributed by atoms with E-state index in [1.807, 2.05) is 0 Å². The van der Waals surface area contributed by atoms with Crippen LogP contribution in [0.5, 0.6) is 0 Å². The number of rotatable bonds is 6. The lowest BCUT2D eigenvalue weighted by Gasteiger charge is -2.11. The first kappa shape index (κ1) is 19.5. The zero-order valence-electron chi connectivity index (χ0n) is 14.9. The quantitative estimate of drug-likeness (QED) is 0.562. The van der Waals surface area contributed by atoms with Crippen LogP contribution in [-0.2, 0) is 17.5 Å². The smallest absolute Gasteiger partial charge is 0.395 e. The highest BCUT2D eigenvalue weighted by atomic mass is 19.4. The molecular weight excluding hydrogens is 381 g/mol. The number of anilines is 2. The molecule has 1 amide bonds. The Morgan fingerprint density at radius 1 is 1.25 bits per heavy atom. The van der Waals surface area contributed by atoms with Gasteiger partial charge in [0.15, 0.2) is 11.5 Å². The van der Waals surface area contributed by atoms with Crippen LogP contribution in [0.15, 0.2) is 12.4 Å². The lowest BCUT2D eigenvalue weighted by Crippen LogP contribution is -2.30. The Labute approximate surface area is 156 Å². The largest absolute Gasteiger partial charge is 0.453 e. The summed E-state index contributed by atoms with van der Waals surface area (Å²) in [6, 6.07) is 0. The SMILES string of the molecule is Cc1c(Nc2cnn(CC(=O)NCCO)c2)nn2c(C(F)(F)F)nnc2c1C. The van der Waals surface area contributed by atoms with Crippen LogP contribution in [0.25, 0.3) is 5.65 Å². The molecule has 0 fully saturated rings. The van der Waals surface area contributed by atoms with Crippen LogP contribution in [-0.4, -0.2) is 53.8 Å². The third-order valence-corrected chi connectivity index (χ3v) is 3.98. The number of nitrogens with one attached hydrogen (secondary N) is 2. The Kier molecular flexibility index (Phi) is 5.18. The molecule has 13 heteroatoms. The summed E-state index contributed by atoms with van der Waals surface area (Å²) in [7, 11) is 0. The number of amides is 1. The van der Waals surface area contributed by atoms with Crippen molar-refractivity contribution in [1.29, 1.82) is 0 Å². The maximum absolute atomic E-state index is 13.1. The van der Waals surface area contributed by atoms with Crippen LogP contribution in [0.1, 0.15) is 17.0 Å². The van der Waals surface area contributed by atoms with Gasteiger partial charge in [0.25, 0.3) is 5.82 Å². The molecule has 3 heterocycles. The average Bonchev–Trinajstić information content (AvgIpc) is 3.24. The van der Waals surface area contributed by atoms with Crippen molar-refractivity contribution in [3.63, 3.8) is 0 Å². The molecule has 0 bridgehead atoms. The molecule has 0 saturated heterocycles. The van der Waals surface area contributed by atoms with Crippen LogP contribution in [0, 0.1) is 13.8 Å². The molecule has 28 heavy (non-hydrogen) atoms. The van der Waals surface area contributed by atoms with E-state index >= 15 is 0 Å². The molecule has 3 N–H and O–H groups in total. The van der Waals surface area contributed by atoms with Crippen molar-refractivity contribution in [2.75, 3.05) is 18.5 Å². The molecule has 0 unspecified atom stereocenters. The highest BCUT2D eigenvalue weighted by Gasteiger charge is 2.38. The second kappa shape index (κ2) is 7.42. The van der Waals surface area contributed by atoms with Gasteiger partial charge in [0.05, 0.1) is 18.5 Å². The Balaban J connectivity index is 1.86. The van der Waals surface area contributed by atoms with Crippen molar-refractivity contribution < 1.29 is 23.1 Å². The maximum Gasteiger partial charge on any atom is 0.453 e. The zero-order valence-corrected chi connectivity index (χ0v) is 14.9. The first-order valence-corrected chi connectivity index (χ1v) is 8.17. The summed E-state index contributed by atoms with van der Waals surface area (Å²) in [5.41, 5.74) is 1.55. The first-order chi connectivity index (χ1) is 13.2. The number of aromatic nitrogens is 6. The normalized spacial score (nSPS) is 11.8. The van der Waals surface area contributed by atoms with E-state index in [1.165, 1.54) is 17.1 Å². The Morgan fingerprint density at radius 3 is 2.68 bits per heavy atom. The van der Waals surface area contributed by atoms with Gasteiger partial charge >= 0.3 is 6.18 Å². The van der Waals surface area contributed by atoms with E-state index in [-0.39, 0.29) is 37.1 Å². The third kappa shape index (κ3) is 3.88. The van der Waals surface area contributed by atoms with Gasteiger partial charge in [0, 0.05) is 23.9 Å². The van der Waals surface area contributed by atoms with Gasteiger partial charge in [0.2, 0.25) is 5.91 Å². The summed E-state index contributed by atoms with van der Waals surface area (Å²) in [6.07, 6.45) is -1.77. The van der Waals surface area contributed by atoms with Gasteiger partial charge < -0.3 is 15.7 Å². The molecule has 150 valence electrons. The Morgan fingerprint density at radius 2 is 2.00 bits per heavy atom. The number of aryl methyl sites for hydroxylation is 1. The highest BCUT2D eigenvalue weighted by Crippen LogP contribution is 2.30. The maximum atomic E-state index is 13.1. The Bertz CT molecular complexity index is 1010. The second-order valence-electron chi connectivity index (χ2n) is 5.98. The van der Waals surface area contributed by atoms with Crippen molar-refractivity contribution >= 4 is 23.1 Å². The highest BCUT2D eigenvalue weighted by molar-refractivity contribution is 5.75. The number of nitrogens with zero attached hydrogens (tertiary/aromatic N) is 6. The lowest BCUT2D eigenvalue weighted by atomic mass is 10.2. The lowest BCUT2D eigenvalue weighted by molar-refractivity contribution is -0.146. The van der Waals surface area contributed by atoms with E-state index in [2.05, 4.69) is 31.0 Å². The fraction of sp³-hybridized carbons (Fsp3) is 0.400. The summed E-state index contributed by atoms with van der Waals surface area (Å²) >= 11 is 0. The van der Waals surface area contributed by atoms with E-state index in [1.54, 1.807) is 13.8 Å². The van der Waals surface area contributed by atoms with Crippen LogP contribution in [0.4, 0.5) is 24.7 Å². The van der Waals surface area contributed by atoms with E-state index in [9.17, 15) is 18.0 Å². The van der Waals surface area contributed by atoms with Gasteiger partial charge in [-0.1, -0.05) is 0 Å². The third-order valence-electron chi connectivity index (χ3n) is 3.98. The fourth-order valence-electron chi connectivity index (χ4n) is 2.47. The minimum absolute atomic E-state index is 0.0200. The van der Waals surface area contributed by atoms with Crippen LogP contribution in [0.3, 0.4) is 0 Å². The Hall–Kier alpha value is -3.22. The van der Waals surface area contributed by atoms with Crippen molar-refractivity contribution in [3.8, 4) is 0 Å².